The van der Waals surface area contributed by atoms with Crippen LogP contribution in [0.1, 0.15) is 11.3 Å². The van der Waals surface area contributed by atoms with Crippen molar-refractivity contribution in [3.8, 4) is 10.9 Å². The molecule has 0 atom stereocenters. The molecule has 0 radical (unpaired) electrons. The number of rotatable bonds is 2. The van der Waals surface area contributed by atoms with Crippen LogP contribution in [0.15, 0.2) is 22.0 Å². The molecule has 3 nitrogen and oxygen atoms in total. The van der Waals surface area contributed by atoms with E-state index < -0.39 is 0 Å². The van der Waals surface area contributed by atoms with Crippen molar-refractivity contribution in [3.05, 3.63) is 33.2 Å². The fourth-order valence-electron chi connectivity index (χ4n) is 1.36. The number of halogens is 1. The van der Waals surface area contributed by atoms with E-state index in [0.29, 0.717) is 16.6 Å². The molecule has 0 amide bonds. The number of ether oxygens (including phenoxy) is 1. The lowest BCUT2D eigenvalue weighted by Crippen LogP contribution is -1.94. The highest BCUT2D eigenvalue weighted by molar-refractivity contribution is 9.10. The van der Waals surface area contributed by atoms with E-state index in [1.165, 1.54) is 11.3 Å². The maximum atomic E-state index is 5.90. The smallest absolute Gasteiger partial charge is 0.278 e. The molecule has 0 aliphatic carbocycles. The van der Waals surface area contributed by atoms with Crippen molar-refractivity contribution in [2.75, 3.05) is 5.73 Å². The molecule has 1 heterocycles. The minimum atomic E-state index is 0.611. The highest BCUT2D eigenvalue weighted by atomic mass is 79.9. The molecule has 1 aromatic heterocycles. The summed E-state index contributed by atoms with van der Waals surface area (Å²) in [5.74, 6) is 0.678. The zero-order valence-electron chi connectivity index (χ0n) is 8.95. The summed E-state index contributed by atoms with van der Waals surface area (Å²) in [6.07, 6.45) is 0. The number of thiazole rings is 1. The molecule has 16 heavy (non-hydrogen) atoms. The van der Waals surface area contributed by atoms with Crippen LogP contribution in [-0.4, -0.2) is 4.98 Å². The van der Waals surface area contributed by atoms with Gasteiger partial charge in [0.05, 0.1) is 11.4 Å². The van der Waals surface area contributed by atoms with E-state index in [9.17, 15) is 0 Å². The predicted octanol–water partition coefficient (Wildman–Crippen LogP) is 3.90. The Morgan fingerprint density at radius 1 is 1.38 bits per heavy atom. The van der Waals surface area contributed by atoms with Crippen LogP contribution in [0.4, 0.5) is 5.69 Å². The van der Waals surface area contributed by atoms with E-state index >= 15 is 0 Å². The second-order valence-electron chi connectivity index (χ2n) is 3.50. The van der Waals surface area contributed by atoms with E-state index in [-0.39, 0.29) is 0 Å². The topological polar surface area (TPSA) is 48.1 Å². The summed E-state index contributed by atoms with van der Waals surface area (Å²) in [6.45, 7) is 3.89. The molecule has 84 valence electrons. The van der Waals surface area contributed by atoms with Crippen molar-refractivity contribution < 1.29 is 4.74 Å². The Morgan fingerprint density at radius 3 is 2.69 bits per heavy atom. The molecule has 0 bridgehead atoms. The monoisotopic (exact) mass is 298 g/mol. The third kappa shape index (κ3) is 2.36. The first-order valence-electron chi connectivity index (χ1n) is 4.72. The minimum Gasteiger partial charge on any atom is -0.428 e. The van der Waals surface area contributed by atoms with Crippen LogP contribution >= 0.6 is 27.3 Å². The van der Waals surface area contributed by atoms with Crippen molar-refractivity contribution in [2.24, 2.45) is 0 Å². The summed E-state index contributed by atoms with van der Waals surface area (Å²) < 4.78 is 6.63. The predicted molar refractivity (Wildman–Crippen MR) is 70.2 cm³/mol. The molecule has 0 aliphatic rings. The third-order valence-corrected chi connectivity index (χ3v) is 3.35. The van der Waals surface area contributed by atoms with Gasteiger partial charge in [0.1, 0.15) is 0 Å². The zero-order chi connectivity index (χ0) is 11.7. The molecule has 1 aromatic carbocycles. The molecule has 0 spiro atoms. The Morgan fingerprint density at radius 2 is 2.12 bits per heavy atom. The van der Waals surface area contributed by atoms with Crippen LogP contribution in [0.25, 0.3) is 0 Å². The molecule has 0 unspecified atom stereocenters. The van der Waals surface area contributed by atoms with E-state index in [4.69, 9.17) is 10.5 Å². The number of hydrogen-bond donors (Lipinski definition) is 1. The molecule has 2 N–H and O–H groups in total. The summed E-state index contributed by atoms with van der Waals surface area (Å²) >= 11 is 4.85. The van der Waals surface area contributed by atoms with Gasteiger partial charge in [0.2, 0.25) is 0 Å². The number of anilines is 1. The summed E-state index contributed by atoms with van der Waals surface area (Å²) in [4.78, 5) is 4.24. The van der Waals surface area contributed by atoms with E-state index in [2.05, 4.69) is 20.9 Å². The third-order valence-electron chi connectivity index (χ3n) is 2.06. The number of aryl methyl sites for hydroxylation is 2. The first-order chi connectivity index (χ1) is 7.56. The average Bonchev–Trinajstić information content (AvgIpc) is 2.58. The molecular weight excluding hydrogens is 288 g/mol. The number of benzene rings is 1. The normalized spacial score (nSPS) is 10.4. The van der Waals surface area contributed by atoms with Gasteiger partial charge in [-0.2, -0.15) is 0 Å². The summed E-state index contributed by atoms with van der Waals surface area (Å²) in [7, 11) is 0. The molecular formula is C11H11BrN2OS. The Labute approximate surface area is 106 Å². The number of aromatic nitrogens is 1. The summed E-state index contributed by atoms with van der Waals surface area (Å²) in [6, 6.07) is 3.79. The van der Waals surface area contributed by atoms with Crippen LogP contribution in [0.3, 0.4) is 0 Å². The van der Waals surface area contributed by atoms with Gasteiger partial charge in [-0.25, -0.2) is 4.98 Å². The molecule has 0 saturated heterocycles. The van der Waals surface area contributed by atoms with Crippen molar-refractivity contribution in [2.45, 2.75) is 13.8 Å². The highest BCUT2D eigenvalue weighted by Gasteiger charge is 2.09. The van der Waals surface area contributed by atoms with Gasteiger partial charge in [0, 0.05) is 9.85 Å². The van der Waals surface area contributed by atoms with Crippen molar-refractivity contribution in [1.82, 2.24) is 4.98 Å². The molecule has 0 saturated carbocycles. The standard InChI is InChI=1S/C11H11BrN2OS/c1-6-3-8(12)4-9(13)10(6)15-11-14-7(2)5-16-11/h3-5H,13H2,1-2H3. The number of nitrogens with two attached hydrogens (primary N) is 1. The Kier molecular flexibility index (Phi) is 3.16. The van der Waals surface area contributed by atoms with Crippen LogP contribution in [-0.2, 0) is 0 Å². The first-order valence-corrected chi connectivity index (χ1v) is 6.39. The molecule has 2 aromatic rings. The van der Waals surface area contributed by atoms with Crippen molar-refractivity contribution in [1.29, 1.82) is 0 Å². The maximum absolute atomic E-state index is 5.90. The van der Waals surface area contributed by atoms with Gasteiger partial charge in [0.25, 0.3) is 5.19 Å². The number of nitrogen functional groups attached to an aromatic ring is 1. The van der Waals surface area contributed by atoms with Crippen LogP contribution < -0.4 is 10.5 Å². The van der Waals surface area contributed by atoms with E-state index in [0.717, 1.165) is 15.7 Å². The van der Waals surface area contributed by atoms with Crippen LogP contribution in [0.2, 0.25) is 0 Å². The lowest BCUT2D eigenvalue weighted by Gasteiger charge is -2.09. The van der Waals surface area contributed by atoms with Gasteiger partial charge in [0.15, 0.2) is 5.75 Å². The van der Waals surface area contributed by atoms with Crippen LogP contribution in [0, 0.1) is 13.8 Å². The van der Waals surface area contributed by atoms with E-state index in [1.807, 2.05) is 31.4 Å². The average molecular weight is 299 g/mol. The van der Waals surface area contributed by atoms with Gasteiger partial charge in [-0.3, -0.25) is 0 Å². The summed E-state index contributed by atoms with van der Waals surface area (Å²) in [5, 5.41) is 2.56. The highest BCUT2D eigenvalue weighted by Crippen LogP contribution is 2.34. The fourth-order valence-corrected chi connectivity index (χ4v) is 2.60. The van der Waals surface area contributed by atoms with Crippen molar-refractivity contribution >= 4 is 33.0 Å². The van der Waals surface area contributed by atoms with Gasteiger partial charge >= 0.3 is 0 Å². The van der Waals surface area contributed by atoms with Gasteiger partial charge in [-0.05, 0) is 31.5 Å². The molecule has 5 heteroatoms. The fraction of sp³-hybridized carbons (Fsp3) is 0.182. The van der Waals surface area contributed by atoms with Gasteiger partial charge < -0.3 is 10.5 Å². The minimum absolute atomic E-state index is 0.611. The maximum Gasteiger partial charge on any atom is 0.278 e. The molecule has 0 aliphatic heterocycles. The lowest BCUT2D eigenvalue weighted by molar-refractivity contribution is 0.476. The zero-order valence-corrected chi connectivity index (χ0v) is 11.4. The van der Waals surface area contributed by atoms with Gasteiger partial charge in [-0.1, -0.05) is 27.3 Å². The molecule has 2 rings (SSSR count). The first kappa shape index (κ1) is 11.4. The van der Waals surface area contributed by atoms with Gasteiger partial charge in [-0.15, -0.1) is 0 Å². The molecule has 0 fully saturated rings. The lowest BCUT2D eigenvalue weighted by atomic mass is 10.2. The quantitative estimate of drug-likeness (QED) is 0.856. The van der Waals surface area contributed by atoms with Crippen molar-refractivity contribution in [3.63, 3.8) is 0 Å². The number of nitrogens with zero attached hydrogens (tertiary/aromatic N) is 1. The largest absolute Gasteiger partial charge is 0.428 e. The Balaban J connectivity index is 2.34. The second-order valence-corrected chi connectivity index (χ2v) is 5.23. The SMILES string of the molecule is Cc1csc(Oc2c(C)cc(Br)cc2N)n1. The Hall–Kier alpha value is -1.07. The summed E-state index contributed by atoms with van der Waals surface area (Å²) in [5.41, 5.74) is 8.45. The van der Waals surface area contributed by atoms with Crippen LogP contribution in [0.5, 0.6) is 10.9 Å². The number of hydrogen-bond acceptors (Lipinski definition) is 4. The van der Waals surface area contributed by atoms with E-state index in [1.54, 1.807) is 0 Å². The second kappa shape index (κ2) is 4.43. The Bertz CT molecular complexity index is 501.